The van der Waals surface area contributed by atoms with Crippen LogP contribution in [0.25, 0.3) is 11.3 Å². The highest BCUT2D eigenvalue weighted by molar-refractivity contribution is 5.63. The van der Waals surface area contributed by atoms with Gasteiger partial charge >= 0.3 is 6.18 Å². The second kappa shape index (κ2) is 8.52. The average Bonchev–Trinajstić information content (AvgIpc) is 3.14. The molecule has 2 aliphatic carbocycles. The second-order valence-electron chi connectivity index (χ2n) is 10.5. The van der Waals surface area contributed by atoms with E-state index in [2.05, 4.69) is 42.5 Å². The van der Waals surface area contributed by atoms with Gasteiger partial charge in [-0.15, -0.1) is 0 Å². The summed E-state index contributed by atoms with van der Waals surface area (Å²) in [7, 11) is 0. The van der Waals surface area contributed by atoms with Crippen molar-refractivity contribution in [1.29, 1.82) is 0 Å². The Bertz CT molecular complexity index is 1040. The number of nitrogen functional groups attached to an aromatic ring is 1. The molecule has 1 aliphatic heterocycles. The Kier molecular flexibility index (Phi) is 5.91. The lowest BCUT2D eigenvalue weighted by Crippen LogP contribution is -2.51. The minimum absolute atomic E-state index is 0.127. The molecule has 5 rings (SSSR count). The molecule has 2 N–H and O–H groups in total. The van der Waals surface area contributed by atoms with Crippen LogP contribution in [0.1, 0.15) is 57.3 Å². The molecule has 2 saturated carbocycles. The van der Waals surface area contributed by atoms with Crippen LogP contribution in [0.2, 0.25) is 0 Å². The van der Waals surface area contributed by atoms with E-state index in [1.165, 1.54) is 12.6 Å². The van der Waals surface area contributed by atoms with Crippen LogP contribution >= 0.6 is 0 Å². The standard InChI is InChI=1S/C25H35F3N6/c1-5-32-6-8-33(9-7-32)20-11-17-22(15(20)4)23(17)21-12-19(31-34(21)14(2)3)16-10-18(25(26,27)28)24(29)30-13-16/h10,12-15,17,20,22-23H,5-9,11H2,1-4H3,(H2,29,30)/t15?,17-,20+,22+,23-/m1/s1. The largest absolute Gasteiger partial charge is 0.419 e. The highest BCUT2D eigenvalue weighted by atomic mass is 19.4. The third kappa shape index (κ3) is 4.00. The number of pyridine rings is 1. The van der Waals surface area contributed by atoms with Crippen molar-refractivity contribution in [3.63, 3.8) is 0 Å². The quantitative estimate of drug-likeness (QED) is 0.688. The predicted octanol–water partition coefficient (Wildman–Crippen LogP) is 4.50. The number of nitrogens with two attached hydrogens (primary N) is 1. The highest BCUT2D eigenvalue weighted by Crippen LogP contribution is 2.66. The molecule has 1 saturated heterocycles. The number of rotatable bonds is 5. The number of hydrogen-bond acceptors (Lipinski definition) is 5. The fourth-order valence-corrected chi connectivity index (χ4v) is 6.54. The van der Waals surface area contributed by atoms with E-state index in [4.69, 9.17) is 10.8 Å². The number of halogens is 3. The van der Waals surface area contributed by atoms with Gasteiger partial charge in [0.2, 0.25) is 0 Å². The number of piperazine rings is 1. The summed E-state index contributed by atoms with van der Waals surface area (Å²) in [5, 5.41) is 4.73. The number of nitrogens with zero attached hydrogens (tertiary/aromatic N) is 5. The summed E-state index contributed by atoms with van der Waals surface area (Å²) in [6, 6.07) is 3.82. The fraction of sp³-hybridized carbons (Fsp3) is 0.680. The Balaban J connectivity index is 1.37. The fourth-order valence-electron chi connectivity index (χ4n) is 6.54. The maximum Gasteiger partial charge on any atom is 0.419 e. The molecule has 3 aliphatic rings. The van der Waals surface area contributed by atoms with Crippen LogP contribution in [-0.4, -0.2) is 63.3 Å². The first kappa shape index (κ1) is 23.6. The highest BCUT2D eigenvalue weighted by Gasteiger charge is 2.62. The number of likely N-dealkylation sites (N-methyl/N-ethyl adjacent to an activating group) is 1. The van der Waals surface area contributed by atoms with E-state index in [9.17, 15) is 13.2 Å². The molecule has 3 heterocycles. The molecule has 2 aromatic heterocycles. The van der Waals surface area contributed by atoms with E-state index >= 15 is 0 Å². The van der Waals surface area contributed by atoms with Crippen LogP contribution in [0.5, 0.6) is 0 Å². The lowest BCUT2D eigenvalue weighted by atomic mass is 9.93. The van der Waals surface area contributed by atoms with Gasteiger partial charge in [0.25, 0.3) is 0 Å². The molecule has 9 heteroatoms. The molecular formula is C25H35F3N6. The van der Waals surface area contributed by atoms with E-state index in [-0.39, 0.29) is 6.04 Å². The van der Waals surface area contributed by atoms with Crippen molar-refractivity contribution >= 4 is 5.82 Å². The Labute approximate surface area is 199 Å². The van der Waals surface area contributed by atoms with Crippen molar-refractivity contribution in [3.05, 3.63) is 29.6 Å². The molecule has 1 unspecified atom stereocenters. The van der Waals surface area contributed by atoms with Crippen molar-refractivity contribution in [1.82, 2.24) is 24.6 Å². The first-order valence-corrected chi connectivity index (χ1v) is 12.5. The molecule has 5 atom stereocenters. The monoisotopic (exact) mass is 476 g/mol. The smallest absolute Gasteiger partial charge is 0.383 e. The van der Waals surface area contributed by atoms with Gasteiger partial charge in [-0.25, -0.2) is 4.98 Å². The number of hydrogen-bond donors (Lipinski definition) is 1. The number of aromatic nitrogens is 3. The van der Waals surface area contributed by atoms with Crippen LogP contribution in [-0.2, 0) is 6.18 Å². The molecule has 0 bridgehead atoms. The Hall–Kier alpha value is -2.13. The maximum absolute atomic E-state index is 13.4. The van der Waals surface area contributed by atoms with Gasteiger partial charge in [-0.05, 0) is 56.7 Å². The summed E-state index contributed by atoms with van der Waals surface area (Å²) in [6.07, 6.45) is -1.95. The van der Waals surface area contributed by atoms with Gasteiger partial charge in [0.15, 0.2) is 0 Å². The summed E-state index contributed by atoms with van der Waals surface area (Å²) in [5.41, 5.74) is 6.62. The molecular weight excluding hydrogens is 441 g/mol. The first-order chi connectivity index (χ1) is 16.1. The molecule has 3 fully saturated rings. The summed E-state index contributed by atoms with van der Waals surface area (Å²) in [6.45, 7) is 14.5. The molecule has 186 valence electrons. The second-order valence-corrected chi connectivity index (χ2v) is 10.5. The van der Waals surface area contributed by atoms with Crippen LogP contribution in [0, 0.1) is 17.8 Å². The SMILES string of the molecule is CCN1CCN([C@H]2C[C@H]3[C@H](c4cc(-c5cnc(N)c(C(F)(F)F)c5)nn4C(C)C)[C@H]3C2C)CC1. The van der Waals surface area contributed by atoms with Gasteiger partial charge in [0, 0.05) is 61.6 Å². The maximum atomic E-state index is 13.4. The van der Waals surface area contributed by atoms with E-state index in [1.807, 2.05) is 10.7 Å². The molecule has 2 aromatic rings. The Morgan fingerprint density at radius 2 is 1.85 bits per heavy atom. The minimum Gasteiger partial charge on any atom is -0.383 e. The Morgan fingerprint density at radius 3 is 2.41 bits per heavy atom. The average molecular weight is 477 g/mol. The molecule has 0 radical (unpaired) electrons. The molecule has 34 heavy (non-hydrogen) atoms. The van der Waals surface area contributed by atoms with Gasteiger partial charge in [0.05, 0.1) is 11.3 Å². The summed E-state index contributed by atoms with van der Waals surface area (Å²) >= 11 is 0. The van der Waals surface area contributed by atoms with Gasteiger partial charge in [-0.3, -0.25) is 9.58 Å². The van der Waals surface area contributed by atoms with Gasteiger partial charge in [-0.1, -0.05) is 13.8 Å². The van der Waals surface area contributed by atoms with Crippen LogP contribution in [0.15, 0.2) is 18.3 Å². The molecule has 6 nitrogen and oxygen atoms in total. The zero-order valence-electron chi connectivity index (χ0n) is 20.4. The van der Waals surface area contributed by atoms with Crippen LogP contribution < -0.4 is 5.73 Å². The van der Waals surface area contributed by atoms with E-state index in [0.717, 1.165) is 44.5 Å². The van der Waals surface area contributed by atoms with Crippen molar-refractivity contribution in [2.24, 2.45) is 17.8 Å². The zero-order valence-corrected chi connectivity index (χ0v) is 20.4. The van der Waals surface area contributed by atoms with Crippen molar-refractivity contribution < 1.29 is 13.2 Å². The number of fused-ring (bicyclic) bond motifs is 1. The van der Waals surface area contributed by atoms with Crippen LogP contribution in [0.4, 0.5) is 19.0 Å². The summed E-state index contributed by atoms with van der Waals surface area (Å²) in [5.74, 6) is 1.78. The molecule has 0 amide bonds. The van der Waals surface area contributed by atoms with Crippen molar-refractivity contribution in [2.75, 3.05) is 38.5 Å². The summed E-state index contributed by atoms with van der Waals surface area (Å²) in [4.78, 5) is 9.01. The van der Waals surface area contributed by atoms with Crippen LogP contribution in [0.3, 0.4) is 0 Å². The van der Waals surface area contributed by atoms with E-state index < -0.39 is 17.6 Å². The van der Waals surface area contributed by atoms with Gasteiger partial charge < -0.3 is 10.6 Å². The third-order valence-electron chi connectivity index (χ3n) is 8.40. The normalized spacial score (nSPS) is 30.2. The molecule has 0 aromatic carbocycles. The van der Waals surface area contributed by atoms with Crippen molar-refractivity contribution in [2.45, 2.75) is 58.3 Å². The number of alkyl halides is 3. The van der Waals surface area contributed by atoms with Crippen molar-refractivity contribution in [3.8, 4) is 11.3 Å². The Morgan fingerprint density at radius 1 is 1.15 bits per heavy atom. The van der Waals surface area contributed by atoms with Gasteiger partial charge in [0.1, 0.15) is 5.82 Å². The topological polar surface area (TPSA) is 63.2 Å². The van der Waals surface area contributed by atoms with E-state index in [1.54, 1.807) is 0 Å². The first-order valence-electron chi connectivity index (χ1n) is 12.5. The lowest BCUT2D eigenvalue weighted by molar-refractivity contribution is -0.137. The minimum atomic E-state index is -4.54. The predicted molar refractivity (Wildman–Crippen MR) is 126 cm³/mol. The van der Waals surface area contributed by atoms with Gasteiger partial charge in [-0.2, -0.15) is 18.3 Å². The number of anilines is 1. The third-order valence-corrected chi connectivity index (χ3v) is 8.40. The zero-order chi connectivity index (χ0) is 24.4. The van der Waals surface area contributed by atoms with E-state index in [0.29, 0.717) is 41.0 Å². The lowest BCUT2D eigenvalue weighted by Gasteiger charge is -2.40. The molecule has 0 spiro atoms. The summed E-state index contributed by atoms with van der Waals surface area (Å²) < 4.78 is 42.1.